The Morgan fingerprint density at radius 3 is 2.65 bits per heavy atom. The minimum atomic E-state index is 0.0899. The molecule has 0 radical (unpaired) electrons. The van der Waals surface area contributed by atoms with Gasteiger partial charge in [-0.05, 0) is 20.8 Å². The van der Waals surface area contributed by atoms with Crippen LogP contribution in [0.15, 0.2) is 0 Å². The van der Waals surface area contributed by atoms with E-state index in [-0.39, 0.29) is 5.78 Å². The summed E-state index contributed by atoms with van der Waals surface area (Å²) in [5.41, 5.74) is 0.826. The van der Waals surface area contributed by atoms with Crippen LogP contribution in [0, 0.1) is 6.92 Å². The summed E-state index contributed by atoms with van der Waals surface area (Å²) < 4.78 is 5.34. The van der Waals surface area contributed by atoms with E-state index in [1.165, 1.54) is 11.3 Å². The smallest absolute Gasteiger partial charge is 0.186 e. The maximum Gasteiger partial charge on any atom is 0.186 e. The van der Waals surface area contributed by atoms with E-state index >= 15 is 0 Å². The van der Waals surface area contributed by atoms with Crippen molar-refractivity contribution in [2.45, 2.75) is 27.7 Å². The minimum Gasteiger partial charge on any atom is -0.380 e. The van der Waals surface area contributed by atoms with Crippen LogP contribution in [0.3, 0.4) is 0 Å². The van der Waals surface area contributed by atoms with E-state index in [1.807, 2.05) is 13.8 Å². The van der Waals surface area contributed by atoms with E-state index < -0.39 is 0 Å². The number of likely N-dealkylation sites (N-methyl/N-ethyl adjacent to an activating group) is 1. The second kappa shape index (κ2) is 6.71. The van der Waals surface area contributed by atoms with Crippen LogP contribution in [0.25, 0.3) is 0 Å². The van der Waals surface area contributed by atoms with Crippen LogP contribution in [0.5, 0.6) is 0 Å². The molecule has 0 aliphatic carbocycles. The Morgan fingerprint density at radius 2 is 2.18 bits per heavy atom. The third-order valence-electron chi connectivity index (χ3n) is 2.47. The standard InChI is InChI=1S/C12H20N2O2S/c1-5-14(7-8-16-6-2)12-13-9(3)11(17-12)10(4)15/h5-8H2,1-4H3. The lowest BCUT2D eigenvalue weighted by molar-refractivity contribution is 0.102. The summed E-state index contributed by atoms with van der Waals surface area (Å²) in [4.78, 5) is 18.7. The van der Waals surface area contributed by atoms with Crippen LogP contribution < -0.4 is 4.90 Å². The number of aryl methyl sites for hydroxylation is 1. The number of hydrogen-bond acceptors (Lipinski definition) is 5. The highest BCUT2D eigenvalue weighted by Crippen LogP contribution is 2.26. The van der Waals surface area contributed by atoms with Crippen LogP contribution in [0.1, 0.15) is 36.1 Å². The number of nitrogens with zero attached hydrogens (tertiary/aromatic N) is 2. The first-order valence-corrected chi connectivity index (χ1v) is 6.72. The predicted molar refractivity (Wildman–Crippen MR) is 71.2 cm³/mol. The molecule has 0 bridgehead atoms. The topological polar surface area (TPSA) is 42.4 Å². The largest absolute Gasteiger partial charge is 0.380 e. The fraction of sp³-hybridized carbons (Fsp3) is 0.667. The van der Waals surface area contributed by atoms with Gasteiger partial charge in [0.2, 0.25) is 0 Å². The van der Waals surface area contributed by atoms with Crippen molar-refractivity contribution in [1.29, 1.82) is 0 Å². The zero-order valence-corrected chi connectivity index (χ0v) is 11.8. The van der Waals surface area contributed by atoms with Crippen molar-refractivity contribution < 1.29 is 9.53 Å². The average molecular weight is 256 g/mol. The minimum absolute atomic E-state index is 0.0899. The first-order valence-electron chi connectivity index (χ1n) is 5.91. The van der Waals surface area contributed by atoms with E-state index in [0.29, 0.717) is 6.61 Å². The molecular weight excluding hydrogens is 236 g/mol. The van der Waals surface area contributed by atoms with Gasteiger partial charge in [0.05, 0.1) is 17.2 Å². The highest BCUT2D eigenvalue weighted by Gasteiger charge is 2.15. The third-order valence-corrected chi connectivity index (χ3v) is 3.79. The quantitative estimate of drug-likeness (QED) is 0.555. The predicted octanol–water partition coefficient (Wildman–Crippen LogP) is 2.52. The average Bonchev–Trinajstić information content (AvgIpc) is 2.67. The summed E-state index contributed by atoms with van der Waals surface area (Å²) in [6, 6.07) is 0. The number of hydrogen-bond donors (Lipinski definition) is 0. The molecule has 0 N–H and O–H groups in total. The summed E-state index contributed by atoms with van der Waals surface area (Å²) in [5.74, 6) is 0.0899. The maximum atomic E-state index is 11.4. The van der Waals surface area contributed by atoms with Gasteiger partial charge in [0.15, 0.2) is 10.9 Å². The summed E-state index contributed by atoms with van der Waals surface area (Å²) in [6.07, 6.45) is 0. The van der Waals surface area contributed by atoms with Gasteiger partial charge < -0.3 is 9.64 Å². The molecular formula is C12H20N2O2S. The molecule has 17 heavy (non-hydrogen) atoms. The number of thiazole rings is 1. The Morgan fingerprint density at radius 1 is 1.47 bits per heavy atom. The molecule has 0 saturated heterocycles. The monoisotopic (exact) mass is 256 g/mol. The highest BCUT2D eigenvalue weighted by atomic mass is 32.1. The molecule has 5 heteroatoms. The fourth-order valence-corrected chi connectivity index (χ4v) is 2.60. The maximum absolute atomic E-state index is 11.4. The van der Waals surface area contributed by atoms with E-state index in [4.69, 9.17) is 4.74 Å². The van der Waals surface area contributed by atoms with Crippen molar-refractivity contribution >= 4 is 22.3 Å². The Kier molecular flexibility index (Phi) is 5.58. The van der Waals surface area contributed by atoms with Gasteiger partial charge in [-0.25, -0.2) is 4.98 Å². The first kappa shape index (κ1) is 14.1. The SMILES string of the molecule is CCOCCN(CC)c1nc(C)c(C(C)=O)s1. The normalized spacial score (nSPS) is 10.6. The van der Waals surface area contributed by atoms with E-state index in [2.05, 4.69) is 16.8 Å². The number of anilines is 1. The lowest BCUT2D eigenvalue weighted by Crippen LogP contribution is -2.27. The van der Waals surface area contributed by atoms with Gasteiger partial charge in [-0.3, -0.25) is 4.79 Å². The second-order valence-corrected chi connectivity index (χ2v) is 4.72. The molecule has 1 aromatic rings. The van der Waals surface area contributed by atoms with Crippen LogP contribution in [-0.4, -0.2) is 37.1 Å². The lowest BCUT2D eigenvalue weighted by Gasteiger charge is -2.19. The van der Waals surface area contributed by atoms with Crippen LogP contribution in [0.4, 0.5) is 5.13 Å². The number of carbonyl (C=O) groups excluding carboxylic acids is 1. The van der Waals surface area contributed by atoms with E-state index in [0.717, 1.165) is 35.4 Å². The molecule has 96 valence electrons. The van der Waals surface area contributed by atoms with Crippen molar-refractivity contribution in [1.82, 2.24) is 4.98 Å². The molecule has 1 rings (SSSR count). The Labute approximate surface area is 107 Å². The molecule has 1 heterocycles. The number of carbonyl (C=O) groups is 1. The van der Waals surface area contributed by atoms with Crippen LogP contribution >= 0.6 is 11.3 Å². The molecule has 0 amide bonds. The second-order valence-electron chi connectivity index (χ2n) is 3.74. The molecule has 0 saturated carbocycles. The molecule has 0 aliphatic rings. The van der Waals surface area contributed by atoms with E-state index in [9.17, 15) is 4.79 Å². The van der Waals surface area contributed by atoms with Crippen molar-refractivity contribution in [3.63, 3.8) is 0 Å². The summed E-state index contributed by atoms with van der Waals surface area (Å²) >= 11 is 1.47. The van der Waals surface area contributed by atoms with Crippen LogP contribution in [0.2, 0.25) is 0 Å². The van der Waals surface area contributed by atoms with Crippen molar-refractivity contribution in [2.24, 2.45) is 0 Å². The molecule has 0 unspecified atom stereocenters. The van der Waals surface area contributed by atoms with Gasteiger partial charge in [0.1, 0.15) is 0 Å². The van der Waals surface area contributed by atoms with Gasteiger partial charge in [0, 0.05) is 26.6 Å². The highest BCUT2D eigenvalue weighted by molar-refractivity contribution is 7.17. The third kappa shape index (κ3) is 3.78. The number of ether oxygens (including phenoxy) is 1. The molecule has 1 aromatic heterocycles. The Balaban J connectivity index is 2.74. The molecule has 0 atom stereocenters. The van der Waals surface area contributed by atoms with Gasteiger partial charge in [-0.2, -0.15) is 0 Å². The number of Topliss-reactive ketones (excluding diaryl/α,β-unsaturated/α-hetero) is 1. The zero-order chi connectivity index (χ0) is 12.8. The van der Waals surface area contributed by atoms with Gasteiger partial charge in [-0.15, -0.1) is 0 Å². The van der Waals surface area contributed by atoms with Crippen molar-refractivity contribution in [3.8, 4) is 0 Å². The van der Waals surface area contributed by atoms with Crippen LogP contribution in [-0.2, 0) is 4.74 Å². The van der Waals surface area contributed by atoms with Gasteiger partial charge in [-0.1, -0.05) is 11.3 Å². The van der Waals surface area contributed by atoms with Crippen molar-refractivity contribution in [3.05, 3.63) is 10.6 Å². The number of aromatic nitrogens is 1. The Hall–Kier alpha value is -0.940. The van der Waals surface area contributed by atoms with Gasteiger partial charge in [0.25, 0.3) is 0 Å². The number of rotatable bonds is 7. The molecule has 0 spiro atoms. The molecule has 0 aliphatic heterocycles. The van der Waals surface area contributed by atoms with E-state index in [1.54, 1.807) is 6.92 Å². The summed E-state index contributed by atoms with van der Waals surface area (Å²) in [6.45, 7) is 10.6. The zero-order valence-electron chi connectivity index (χ0n) is 10.9. The number of ketones is 1. The molecule has 4 nitrogen and oxygen atoms in total. The molecule has 0 fully saturated rings. The Bertz CT molecular complexity index is 377. The van der Waals surface area contributed by atoms with Gasteiger partial charge >= 0.3 is 0 Å². The first-order chi connectivity index (χ1) is 8.10. The van der Waals surface area contributed by atoms with Crippen molar-refractivity contribution in [2.75, 3.05) is 31.2 Å². The lowest BCUT2D eigenvalue weighted by atomic mass is 10.3. The summed E-state index contributed by atoms with van der Waals surface area (Å²) in [7, 11) is 0. The molecule has 0 aromatic carbocycles. The summed E-state index contributed by atoms with van der Waals surface area (Å²) in [5, 5.41) is 0.912. The fourth-order valence-electron chi connectivity index (χ4n) is 1.55.